The second-order valence-electron chi connectivity index (χ2n) is 5.03. The summed E-state index contributed by atoms with van der Waals surface area (Å²) in [7, 11) is 0. The van der Waals surface area contributed by atoms with Crippen LogP contribution in [0.1, 0.15) is 31.4 Å². The molecule has 2 atom stereocenters. The molecule has 0 aliphatic rings. The molecule has 0 saturated heterocycles. The topological polar surface area (TPSA) is 66.4 Å². The van der Waals surface area contributed by atoms with Crippen molar-refractivity contribution in [2.75, 3.05) is 0 Å². The summed E-state index contributed by atoms with van der Waals surface area (Å²) in [6.45, 7) is 5.70. The van der Waals surface area contributed by atoms with Crippen molar-refractivity contribution in [3.05, 3.63) is 33.8 Å². The number of aliphatic carboxylic acids is 1. The number of carboxylic acid groups (broad SMARTS) is 1. The summed E-state index contributed by atoms with van der Waals surface area (Å²) < 4.78 is 0.944. The highest BCUT2D eigenvalue weighted by Crippen LogP contribution is 2.18. The summed E-state index contributed by atoms with van der Waals surface area (Å²) in [5.74, 6) is -1.35. The van der Waals surface area contributed by atoms with E-state index in [1.54, 1.807) is 0 Å². The van der Waals surface area contributed by atoms with Gasteiger partial charge in [0.2, 0.25) is 5.91 Å². The maximum atomic E-state index is 12.0. The van der Waals surface area contributed by atoms with Crippen molar-refractivity contribution in [1.29, 1.82) is 0 Å². The molecule has 0 saturated carbocycles. The summed E-state index contributed by atoms with van der Waals surface area (Å²) in [6, 6.07) is 4.85. The van der Waals surface area contributed by atoms with E-state index in [0.717, 1.165) is 15.6 Å². The molecule has 0 aromatic heterocycles. The van der Waals surface area contributed by atoms with Crippen LogP contribution < -0.4 is 5.32 Å². The minimum absolute atomic E-state index is 0.0961. The van der Waals surface area contributed by atoms with Crippen LogP contribution in [-0.4, -0.2) is 23.0 Å². The molecule has 0 aliphatic carbocycles. The first-order chi connectivity index (χ1) is 9.35. The van der Waals surface area contributed by atoms with Gasteiger partial charge in [0.25, 0.3) is 0 Å². The number of nitrogens with one attached hydrogen (secondary N) is 1. The molecule has 1 rings (SSSR count). The third kappa shape index (κ3) is 4.63. The molecule has 2 N–H and O–H groups in total. The van der Waals surface area contributed by atoms with E-state index in [0.29, 0.717) is 6.42 Å². The largest absolute Gasteiger partial charge is 0.480 e. The van der Waals surface area contributed by atoms with Crippen molar-refractivity contribution in [2.24, 2.45) is 5.92 Å². The van der Waals surface area contributed by atoms with Crippen LogP contribution in [0.15, 0.2) is 22.7 Å². The molecule has 4 nitrogen and oxygen atoms in total. The zero-order valence-electron chi connectivity index (χ0n) is 11.9. The van der Waals surface area contributed by atoms with Crippen molar-refractivity contribution in [3.8, 4) is 0 Å². The second kappa shape index (κ2) is 7.43. The molecule has 0 unspecified atom stereocenters. The number of halogens is 1. The minimum atomic E-state index is -0.988. The van der Waals surface area contributed by atoms with Gasteiger partial charge in [-0.1, -0.05) is 48.3 Å². The number of rotatable bonds is 6. The zero-order chi connectivity index (χ0) is 15.3. The van der Waals surface area contributed by atoms with Crippen molar-refractivity contribution in [2.45, 2.75) is 39.7 Å². The minimum Gasteiger partial charge on any atom is -0.480 e. The molecule has 1 aromatic carbocycles. The number of amides is 1. The first-order valence-electron chi connectivity index (χ1n) is 6.62. The SMILES string of the molecule is CC[C@H](C)[C@H](NC(=O)Cc1ccc(C)c(Br)c1)C(=O)O. The second-order valence-corrected chi connectivity index (χ2v) is 5.88. The van der Waals surface area contributed by atoms with E-state index in [1.165, 1.54) is 0 Å². The molecule has 1 amide bonds. The molecule has 110 valence electrons. The van der Waals surface area contributed by atoms with Gasteiger partial charge in [0.05, 0.1) is 6.42 Å². The summed E-state index contributed by atoms with van der Waals surface area (Å²) in [4.78, 5) is 23.1. The maximum absolute atomic E-state index is 12.0. The lowest BCUT2D eigenvalue weighted by atomic mass is 9.99. The Labute approximate surface area is 127 Å². The van der Waals surface area contributed by atoms with Crippen molar-refractivity contribution in [3.63, 3.8) is 0 Å². The molecule has 0 aliphatic heterocycles. The Kier molecular flexibility index (Phi) is 6.20. The third-order valence-corrected chi connectivity index (χ3v) is 4.25. The summed E-state index contributed by atoms with van der Waals surface area (Å²) >= 11 is 3.42. The van der Waals surface area contributed by atoms with Gasteiger partial charge in [0, 0.05) is 4.47 Å². The average Bonchev–Trinajstić information content (AvgIpc) is 2.39. The Morgan fingerprint density at radius 1 is 1.40 bits per heavy atom. The molecule has 5 heteroatoms. The first-order valence-corrected chi connectivity index (χ1v) is 7.41. The Morgan fingerprint density at radius 3 is 2.55 bits per heavy atom. The van der Waals surface area contributed by atoms with E-state index < -0.39 is 12.0 Å². The van der Waals surface area contributed by atoms with Gasteiger partial charge in [0.1, 0.15) is 6.04 Å². The molecule has 0 radical (unpaired) electrons. The molecule has 20 heavy (non-hydrogen) atoms. The average molecular weight is 342 g/mol. The number of carbonyl (C=O) groups is 2. The van der Waals surface area contributed by atoms with E-state index in [1.807, 2.05) is 39.0 Å². The van der Waals surface area contributed by atoms with E-state index in [2.05, 4.69) is 21.2 Å². The van der Waals surface area contributed by atoms with Gasteiger partial charge < -0.3 is 10.4 Å². The molecular formula is C15H20BrNO3. The molecule has 0 fully saturated rings. The van der Waals surface area contributed by atoms with Gasteiger partial charge in [-0.25, -0.2) is 4.79 Å². The fourth-order valence-corrected chi connectivity index (χ4v) is 2.27. The van der Waals surface area contributed by atoms with Gasteiger partial charge in [-0.15, -0.1) is 0 Å². The van der Waals surface area contributed by atoms with E-state index in [9.17, 15) is 9.59 Å². The molecule has 1 aromatic rings. The van der Waals surface area contributed by atoms with Crippen LogP contribution >= 0.6 is 15.9 Å². The predicted octanol–water partition coefficient (Wildman–Crippen LogP) is 2.92. The van der Waals surface area contributed by atoms with Gasteiger partial charge in [-0.05, 0) is 30.0 Å². The van der Waals surface area contributed by atoms with Gasteiger partial charge in [0.15, 0.2) is 0 Å². The lowest BCUT2D eigenvalue weighted by molar-refractivity contribution is -0.143. The maximum Gasteiger partial charge on any atom is 0.326 e. The molecular weight excluding hydrogens is 322 g/mol. The first kappa shape index (κ1) is 16.7. The highest BCUT2D eigenvalue weighted by atomic mass is 79.9. The third-order valence-electron chi connectivity index (χ3n) is 3.40. The lowest BCUT2D eigenvalue weighted by Crippen LogP contribution is -2.45. The monoisotopic (exact) mass is 341 g/mol. The summed E-state index contributed by atoms with van der Waals surface area (Å²) in [5, 5.41) is 11.7. The van der Waals surface area contributed by atoms with Crippen molar-refractivity contribution < 1.29 is 14.7 Å². The van der Waals surface area contributed by atoms with Gasteiger partial charge in [-0.3, -0.25) is 4.79 Å². The van der Waals surface area contributed by atoms with Crippen LogP contribution in [0.4, 0.5) is 0 Å². The van der Waals surface area contributed by atoms with Gasteiger partial charge >= 0.3 is 5.97 Å². The highest BCUT2D eigenvalue weighted by Gasteiger charge is 2.25. The Hall–Kier alpha value is -1.36. The molecule has 0 bridgehead atoms. The quantitative estimate of drug-likeness (QED) is 0.835. The summed E-state index contributed by atoms with van der Waals surface area (Å²) in [5.41, 5.74) is 1.95. The van der Waals surface area contributed by atoms with E-state index >= 15 is 0 Å². The smallest absolute Gasteiger partial charge is 0.326 e. The predicted molar refractivity (Wildman–Crippen MR) is 81.6 cm³/mol. The number of benzene rings is 1. The van der Waals surface area contributed by atoms with Gasteiger partial charge in [-0.2, -0.15) is 0 Å². The van der Waals surface area contributed by atoms with Crippen LogP contribution in [0.3, 0.4) is 0 Å². The molecule has 0 spiro atoms. The van der Waals surface area contributed by atoms with Crippen LogP contribution in [0.25, 0.3) is 0 Å². The number of aryl methyl sites for hydroxylation is 1. The van der Waals surface area contributed by atoms with E-state index in [4.69, 9.17) is 5.11 Å². The zero-order valence-corrected chi connectivity index (χ0v) is 13.5. The lowest BCUT2D eigenvalue weighted by Gasteiger charge is -2.20. The molecule has 0 heterocycles. The van der Waals surface area contributed by atoms with Crippen LogP contribution in [0.5, 0.6) is 0 Å². The van der Waals surface area contributed by atoms with Crippen LogP contribution in [0.2, 0.25) is 0 Å². The van der Waals surface area contributed by atoms with E-state index in [-0.39, 0.29) is 18.2 Å². The summed E-state index contributed by atoms with van der Waals surface area (Å²) in [6.07, 6.45) is 0.881. The normalized spacial score (nSPS) is 13.6. The Bertz CT molecular complexity index is 502. The van der Waals surface area contributed by atoms with Crippen LogP contribution in [0, 0.1) is 12.8 Å². The number of carboxylic acids is 1. The number of hydrogen-bond acceptors (Lipinski definition) is 2. The van der Waals surface area contributed by atoms with Crippen molar-refractivity contribution >= 4 is 27.8 Å². The number of hydrogen-bond donors (Lipinski definition) is 2. The number of carbonyl (C=O) groups excluding carboxylic acids is 1. The highest BCUT2D eigenvalue weighted by molar-refractivity contribution is 9.10. The fraction of sp³-hybridized carbons (Fsp3) is 0.467. The standard InChI is InChI=1S/C15H20BrNO3/c1-4-9(2)14(15(19)20)17-13(18)8-11-6-5-10(3)12(16)7-11/h5-7,9,14H,4,8H2,1-3H3,(H,17,18)(H,19,20)/t9-,14-/m0/s1. The fourth-order valence-electron chi connectivity index (χ4n) is 1.84. The van der Waals surface area contributed by atoms with Crippen molar-refractivity contribution in [1.82, 2.24) is 5.32 Å². The van der Waals surface area contributed by atoms with Crippen LogP contribution in [-0.2, 0) is 16.0 Å². The Balaban J connectivity index is 2.70. The Morgan fingerprint density at radius 2 is 2.05 bits per heavy atom.